The fourth-order valence-electron chi connectivity index (χ4n) is 4.10. The molecule has 3 aromatic heterocycles. The van der Waals surface area contributed by atoms with E-state index in [2.05, 4.69) is 37.0 Å². The highest BCUT2D eigenvalue weighted by molar-refractivity contribution is 6.36. The number of fused-ring (bicyclic) bond motifs is 2. The van der Waals surface area contributed by atoms with Crippen LogP contribution in [0, 0.1) is 0 Å². The summed E-state index contributed by atoms with van der Waals surface area (Å²) >= 11 is 6.65. The lowest BCUT2D eigenvalue weighted by Crippen LogP contribution is -2.27. The van der Waals surface area contributed by atoms with Gasteiger partial charge in [0.25, 0.3) is 0 Å². The SMILES string of the molecule is C=C/C=C\N=C(C)c1oc2cnccc2c1Nc1ccc(Cl)c2c1c(CCCN=[N+]=[N-])nn2C(=O)OC(C)(C)C. The number of aryl methyl sites for hydroxylation is 1. The second kappa shape index (κ2) is 12.1. The smallest absolute Gasteiger partial charge is 0.435 e. The average molecular weight is 561 g/mol. The minimum atomic E-state index is -0.741. The molecule has 12 heteroatoms. The van der Waals surface area contributed by atoms with Gasteiger partial charge in [0.15, 0.2) is 11.3 Å². The number of halogens is 1. The Bertz CT molecular complexity index is 1690. The summed E-state index contributed by atoms with van der Waals surface area (Å²) in [6.45, 7) is 11.1. The number of hydrogen-bond acceptors (Lipinski definition) is 8. The van der Waals surface area contributed by atoms with Crippen molar-refractivity contribution in [2.24, 2.45) is 10.1 Å². The number of carbonyl (C=O) groups is 1. The Balaban J connectivity index is 1.90. The van der Waals surface area contributed by atoms with E-state index in [-0.39, 0.29) is 6.54 Å². The molecule has 0 spiro atoms. The molecular formula is C28H29ClN8O3. The third kappa shape index (κ3) is 6.17. The number of anilines is 2. The highest BCUT2D eigenvalue weighted by atomic mass is 35.5. The molecule has 206 valence electrons. The lowest BCUT2D eigenvalue weighted by molar-refractivity contribution is 0.0522. The molecule has 4 rings (SSSR count). The van der Waals surface area contributed by atoms with Gasteiger partial charge in [0, 0.05) is 34.6 Å². The van der Waals surface area contributed by atoms with Crippen LogP contribution in [0.25, 0.3) is 32.3 Å². The van der Waals surface area contributed by atoms with Gasteiger partial charge in [-0.1, -0.05) is 29.4 Å². The van der Waals surface area contributed by atoms with Gasteiger partial charge in [-0.3, -0.25) is 9.98 Å². The quantitative estimate of drug-likeness (QED) is 0.0546. The van der Waals surface area contributed by atoms with Crippen molar-refractivity contribution in [3.8, 4) is 0 Å². The molecule has 0 radical (unpaired) electrons. The number of nitrogens with zero attached hydrogens (tertiary/aromatic N) is 7. The van der Waals surface area contributed by atoms with Crippen LogP contribution in [0.5, 0.6) is 0 Å². The molecule has 4 aromatic rings. The van der Waals surface area contributed by atoms with E-state index >= 15 is 0 Å². The third-order valence-electron chi connectivity index (χ3n) is 5.72. The molecule has 0 saturated heterocycles. The lowest BCUT2D eigenvalue weighted by atomic mass is 10.1. The molecule has 0 fully saturated rings. The number of azide groups is 1. The van der Waals surface area contributed by atoms with Gasteiger partial charge in [-0.2, -0.15) is 9.78 Å². The highest BCUT2D eigenvalue weighted by Gasteiger charge is 2.26. The Morgan fingerprint density at radius 1 is 1.35 bits per heavy atom. The Hall–Kier alpha value is -4.60. The Labute approximate surface area is 235 Å². The van der Waals surface area contributed by atoms with Gasteiger partial charge in [-0.15, -0.1) is 0 Å². The third-order valence-corrected chi connectivity index (χ3v) is 6.03. The fraction of sp³-hybridized carbons (Fsp3) is 0.286. The van der Waals surface area contributed by atoms with E-state index in [9.17, 15) is 4.79 Å². The predicted octanol–water partition coefficient (Wildman–Crippen LogP) is 8.11. The number of carbonyl (C=O) groups excluding carboxylic acids is 1. The molecule has 0 atom stereocenters. The number of hydrogen-bond donors (Lipinski definition) is 1. The summed E-state index contributed by atoms with van der Waals surface area (Å²) in [5.41, 5.74) is 11.4. The van der Waals surface area contributed by atoms with Crippen molar-refractivity contribution >= 4 is 56.7 Å². The first-order valence-corrected chi connectivity index (χ1v) is 12.9. The molecule has 1 aromatic carbocycles. The summed E-state index contributed by atoms with van der Waals surface area (Å²) in [5.74, 6) is 0.518. The number of nitrogens with one attached hydrogen (secondary N) is 1. The number of pyridine rings is 1. The van der Waals surface area contributed by atoms with Crippen molar-refractivity contribution in [3.63, 3.8) is 0 Å². The van der Waals surface area contributed by atoms with E-state index in [4.69, 9.17) is 26.3 Å². The summed E-state index contributed by atoms with van der Waals surface area (Å²) in [4.78, 5) is 24.6. The Kier molecular flexibility index (Phi) is 8.57. The van der Waals surface area contributed by atoms with Crippen LogP contribution in [0.4, 0.5) is 16.2 Å². The molecule has 0 aliphatic heterocycles. The summed E-state index contributed by atoms with van der Waals surface area (Å²) in [6, 6.07) is 5.35. The van der Waals surface area contributed by atoms with Crippen molar-refractivity contribution in [2.75, 3.05) is 11.9 Å². The number of benzene rings is 1. The summed E-state index contributed by atoms with van der Waals surface area (Å²) in [7, 11) is 0. The normalized spacial score (nSPS) is 12.2. The van der Waals surface area contributed by atoms with Crippen molar-refractivity contribution in [1.82, 2.24) is 14.8 Å². The van der Waals surface area contributed by atoms with Gasteiger partial charge in [-0.05, 0) is 70.3 Å². The maximum Gasteiger partial charge on any atom is 0.435 e. The van der Waals surface area contributed by atoms with Crippen LogP contribution < -0.4 is 5.32 Å². The van der Waals surface area contributed by atoms with Crippen molar-refractivity contribution < 1.29 is 13.9 Å². The van der Waals surface area contributed by atoms with Gasteiger partial charge in [-0.25, -0.2) is 4.79 Å². The van der Waals surface area contributed by atoms with Gasteiger partial charge < -0.3 is 14.5 Å². The van der Waals surface area contributed by atoms with E-state index in [1.165, 1.54) is 4.68 Å². The molecule has 0 amide bonds. The van der Waals surface area contributed by atoms with Crippen LogP contribution in [0.15, 0.2) is 70.0 Å². The summed E-state index contributed by atoms with van der Waals surface area (Å²) in [6.07, 6.45) is 8.58. The molecule has 0 unspecified atom stereocenters. The standard InChI is InChI=1S/C28H29ClN8O3/c1-6-7-13-32-17(2)26-24(18-12-15-31-16-22(18)39-26)34-20-11-10-19(29)25-23(20)21(9-8-14-33-36-30)35-37(25)27(38)40-28(3,4)5/h6-7,10-13,15-16,34H,1,8-9,14H2,2-5H3/b13-7-,32-17?. The van der Waals surface area contributed by atoms with E-state index in [0.717, 1.165) is 5.39 Å². The van der Waals surface area contributed by atoms with Gasteiger partial charge in [0.1, 0.15) is 11.1 Å². The summed E-state index contributed by atoms with van der Waals surface area (Å²) < 4.78 is 12.9. The molecule has 0 aliphatic rings. The molecular weight excluding hydrogens is 532 g/mol. The van der Waals surface area contributed by atoms with Gasteiger partial charge >= 0.3 is 6.09 Å². The van der Waals surface area contributed by atoms with E-state index in [1.54, 1.807) is 57.6 Å². The van der Waals surface area contributed by atoms with E-state index < -0.39 is 11.7 Å². The summed E-state index contributed by atoms with van der Waals surface area (Å²) in [5, 5.41) is 13.5. The highest BCUT2D eigenvalue weighted by Crippen LogP contribution is 2.39. The number of allylic oxidation sites excluding steroid dienone is 2. The largest absolute Gasteiger partial charge is 0.451 e. The minimum absolute atomic E-state index is 0.276. The molecule has 0 saturated carbocycles. The van der Waals surface area contributed by atoms with Crippen LogP contribution in [-0.4, -0.2) is 38.7 Å². The lowest BCUT2D eigenvalue weighted by Gasteiger charge is -2.19. The molecule has 11 nitrogen and oxygen atoms in total. The minimum Gasteiger partial charge on any atom is -0.451 e. The monoisotopic (exact) mass is 560 g/mol. The van der Waals surface area contributed by atoms with Crippen LogP contribution >= 0.6 is 11.6 Å². The Morgan fingerprint density at radius 2 is 2.15 bits per heavy atom. The zero-order valence-electron chi connectivity index (χ0n) is 22.7. The first-order valence-electron chi connectivity index (χ1n) is 12.5. The van der Waals surface area contributed by atoms with E-state index in [1.807, 2.05) is 19.1 Å². The van der Waals surface area contributed by atoms with Crippen molar-refractivity contribution in [2.45, 2.75) is 46.1 Å². The Morgan fingerprint density at radius 3 is 2.88 bits per heavy atom. The maximum absolute atomic E-state index is 13.2. The second-order valence-electron chi connectivity index (χ2n) is 9.81. The molecule has 40 heavy (non-hydrogen) atoms. The van der Waals surface area contributed by atoms with Crippen molar-refractivity contribution in [1.29, 1.82) is 0 Å². The predicted molar refractivity (Wildman–Crippen MR) is 158 cm³/mol. The van der Waals surface area contributed by atoms with Crippen LogP contribution in [0.1, 0.15) is 45.6 Å². The first-order chi connectivity index (χ1) is 19.1. The zero-order valence-corrected chi connectivity index (χ0v) is 23.4. The number of aromatic nitrogens is 3. The molecule has 1 N–H and O–H groups in total. The topological polar surface area (TPSA) is 143 Å². The molecule has 0 bridgehead atoms. The molecule has 0 aliphatic carbocycles. The van der Waals surface area contributed by atoms with E-state index in [0.29, 0.717) is 62.9 Å². The zero-order chi connectivity index (χ0) is 28.9. The first kappa shape index (κ1) is 28.4. The van der Waals surface area contributed by atoms with Crippen molar-refractivity contribution in [3.05, 3.63) is 82.4 Å². The number of ether oxygens (including phenoxy) is 1. The van der Waals surface area contributed by atoms with Crippen LogP contribution in [-0.2, 0) is 11.2 Å². The number of furan rings is 1. The number of rotatable bonds is 9. The fourth-order valence-corrected chi connectivity index (χ4v) is 4.34. The average Bonchev–Trinajstić information content (AvgIpc) is 3.47. The maximum atomic E-state index is 13.2. The van der Waals surface area contributed by atoms with Crippen LogP contribution in [0.2, 0.25) is 5.02 Å². The van der Waals surface area contributed by atoms with Crippen LogP contribution in [0.3, 0.4) is 0 Å². The van der Waals surface area contributed by atoms with Gasteiger partial charge in [0.2, 0.25) is 0 Å². The number of aliphatic imine (C=N–C) groups is 1. The van der Waals surface area contributed by atoms with Gasteiger partial charge in [0.05, 0.1) is 34.0 Å². The molecule has 3 heterocycles. The second-order valence-corrected chi connectivity index (χ2v) is 10.2.